The zero-order valence-electron chi connectivity index (χ0n) is 5.67. The second-order valence-electron chi connectivity index (χ2n) is 1.87. The Labute approximate surface area is 78.8 Å². The minimum Gasteiger partial charge on any atom is -0.243 e. The lowest BCUT2D eigenvalue weighted by Crippen LogP contribution is -1.90. The Bertz CT molecular complexity index is 400. The number of nitrogens with zero attached hydrogens (tertiary/aromatic N) is 3. The van der Waals surface area contributed by atoms with Crippen molar-refractivity contribution in [3.8, 4) is 12.1 Å². The van der Waals surface area contributed by atoms with Crippen LogP contribution in [0.2, 0.25) is 10.0 Å². The zero-order valence-corrected chi connectivity index (χ0v) is 7.19. The van der Waals surface area contributed by atoms with Crippen molar-refractivity contribution >= 4 is 23.2 Å². The van der Waals surface area contributed by atoms with Gasteiger partial charge in [0.25, 0.3) is 0 Å². The van der Waals surface area contributed by atoms with E-state index in [-0.39, 0.29) is 21.3 Å². The summed E-state index contributed by atoms with van der Waals surface area (Å²) in [6, 6.07) is 3.49. The molecular formula is C7HCl2N3. The molecule has 0 fully saturated rings. The van der Waals surface area contributed by atoms with Gasteiger partial charge in [0, 0.05) is 6.20 Å². The predicted octanol–water partition coefficient (Wildman–Crippen LogP) is 2.13. The number of rotatable bonds is 0. The van der Waals surface area contributed by atoms with Crippen LogP contribution in [-0.4, -0.2) is 4.98 Å². The highest BCUT2D eigenvalue weighted by Gasteiger charge is 2.10. The fraction of sp³-hybridized carbons (Fsp3) is 0. The SMILES string of the molecule is N#Cc1ncc(Cl)c(Cl)c1C#N. The largest absolute Gasteiger partial charge is 0.243 e. The molecule has 0 aliphatic heterocycles. The molecule has 0 unspecified atom stereocenters. The Morgan fingerprint density at radius 1 is 1.25 bits per heavy atom. The molecule has 0 spiro atoms. The molecule has 0 amide bonds. The zero-order chi connectivity index (χ0) is 9.14. The van der Waals surface area contributed by atoms with Gasteiger partial charge in [-0.05, 0) is 0 Å². The first kappa shape index (κ1) is 8.80. The third kappa shape index (κ3) is 1.33. The molecule has 0 aliphatic carbocycles. The van der Waals surface area contributed by atoms with Crippen molar-refractivity contribution in [3.05, 3.63) is 27.5 Å². The quantitative estimate of drug-likeness (QED) is 0.641. The van der Waals surface area contributed by atoms with Gasteiger partial charge in [0.15, 0.2) is 5.69 Å². The minimum atomic E-state index is -0.00750. The summed E-state index contributed by atoms with van der Waals surface area (Å²) < 4.78 is 0. The normalized spacial score (nSPS) is 8.67. The van der Waals surface area contributed by atoms with Crippen molar-refractivity contribution in [2.24, 2.45) is 0 Å². The molecule has 0 aliphatic rings. The maximum Gasteiger partial charge on any atom is 0.159 e. The Hall–Kier alpha value is -1.29. The van der Waals surface area contributed by atoms with Gasteiger partial charge in [-0.25, -0.2) is 4.98 Å². The summed E-state index contributed by atoms with van der Waals surface area (Å²) in [5.74, 6) is 0. The summed E-state index contributed by atoms with van der Waals surface area (Å²) in [6.45, 7) is 0. The minimum absolute atomic E-state index is 0.00750. The van der Waals surface area contributed by atoms with Gasteiger partial charge in [-0.15, -0.1) is 0 Å². The van der Waals surface area contributed by atoms with E-state index >= 15 is 0 Å². The van der Waals surface area contributed by atoms with Crippen molar-refractivity contribution in [1.29, 1.82) is 10.5 Å². The Morgan fingerprint density at radius 2 is 1.92 bits per heavy atom. The monoisotopic (exact) mass is 197 g/mol. The first-order valence-corrected chi connectivity index (χ1v) is 3.60. The molecule has 0 radical (unpaired) electrons. The van der Waals surface area contributed by atoms with Crippen LogP contribution in [0.25, 0.3) is 0 Å². The molecule has 0 aromatic carbocycles. The standard InChI is InChI=1S/C7HCl2N3/c8-5-3-12-6(2-11)4(1-10)7(5)9/h3H. The van der Waals surface area contributed by atoms with Crippen molar-refractivity contribution in [2.75, 3.05) is 0 Å². The Morgan fingerprint density at radius 3 is 2.42 bits per heavy atom. The van der Waals surface area contributed by atoms with E-state index in [0.29, 0.717) is 0 Å². The highest BCUT2D eigenvalue weighted by atomic mass is 35.5. The van der Waals surface area contributed by atoms with Crippen molar-refractivity contribution in [3.63, 3.8) is 0 Å². The van der Waals surface area contributed by atoms with Crippen LogP contribution in [-0.2, 0) is 0 Å². The van der Waals surface area contributed by atoms with Crippen LogP contribution < -0.4 is 0 Å². The summed E-state index contributed by atoms with van der Waals surface area (Å²) in [5, 5.41) is 17.3. The molecule has 0 saturated carbocycles. The molecule has 0 bridgehead atoms. The fourth-order valence-electron chi connectivity index (χ4n) is 0.653. The van der Waals surface area contributed by atoms with Gasteiger partial charge in [-0.3, -0.25) is 0 Å². The molecule has 12 heavy (non-hydrogen) atoms. The molecule has 0 saturated heterocycles. The lowest BCUT2D eigenvalue weighted by Gasteiger charge is -1.97. The van der Waals surface area contributed by atoms with E-state index in [1.165, 1.54) is 6.20 Å². The van der Waals surface area contributed by atoms with E-state index in [1.807, 2.05) is 0 Å². The van der Waals surface area contributed by atoms with E-state index in [0.717, 1.165) is 0 Å². The van der Waals surface area contributed by atoms with Gasteiger partial charge in [0.05, 0.1) is 10.0 Å². The van der Waals surface area contributed by atoms with Gasteiger partial charge >= 0.3 is 0 Å². The first-order chi connectivity index (χ1) is 5.70. The smallest absolute Gasteiger partial charge is 0.159 e. The van der Waals surface area contributed by atoms with Crippen LogP contribution >= 0.6 is 23.2 Å². The lowest BCUT2D eigenvalue weighted by atomic mass is 10.2. The number of hydrogen-bond donors (Lipinski definition) is 0. The number of pyridine rings is 1. The average Bonchev–Trinajstić information content (AvgIpc) is 2.09. The summed E-state index contributed by atoms with van der Waals surface area (Å²) in [7, 11) is 0. The average molecular weight is 198 g/mol. The highest BCUT2D eigenvalue weighted by Crippen LogP contribution is 2.25. The maximum absolute atomic E-state index is 8.57. The molecule has 0 N–H and O–H groups in total. The summed E-state index contributed by atoms with van der Waals surface area (Å²) >= 11 is 11.2. The van der Waals surface area contributed by atoms with E-state index < -0.39 is 0 Å². The van der Waals surface area contributed by atoms with E-state index in [9.17, 15) is 0 Å². The number of hydrogen-bond acceptors (Lipinski definition) is 3. The lowest BCUT2D eigenvalue weighted by molar-refractivity contribution is 1.24. The summed E-state index contributed by atoms with van der Waals surface area (Å²) in [4.78, 5) is 3.63. The van der Waals surface area contributed by atoms with Gasteiger partial charge in [0.1, 0.15) is 17.7 Å². The second kappa shape index (κ2) is 3.40. The fourth-order valence-corrected chi connectivity index (χ4v) is 0.976. The molecule has 5 heteroatoms. The Kier molecular flexibility index (Phi) is 2.50. The number of halogens is 2. The molecule has 1 rings (SSSR count). The van der Waals surface area contributed by atoms with Crippen molar-refractivity contribution in [1.82, 2.24) is 4.98 Å². The summed E-state index contributed by atoms with van der Waals surface area (Å²) in [6.07, 6.45) is 1.24. The van der Waals surface area contributed by atoms with Crippen LogP contribution in [0.4, 0.5) is 0 Å². The molecule has 0 atom stereocenters. The Balaban J connectivity index is 3.52. The van der Waals surface area contributed by atoms with Crippen LogP contribution in [0.15, 0.2) is 6.20 Å². The molecule has 1 heterocycles. The molecule has 58 valence electrons. The second-order valence-corrected chi connectivity index (χ2v) is 2.65. The molecule has 1 aromatic rings. The van der Waals surface area contributed by atoms with Crippen LogP contribution in [0.3, 0.4) is 0 Å². The first-order valence-electron chi connectivity index (χ1n) is 2.85. The van der Waals surface area contributed by atoms with E-state index in [2.05, 4.69) is 4.98 Å². The predicted molar refractivity (Wildman–Crippen MR) is 43.7 cm³/mol. The molecular weight excluding hydrogens is 197 g/mol. The van der Waals surface area contributed by atoms with Crippen molar-refractivity contribution < 1.29 is 0 Å². The van der Waals surface area contributed by atoms with Crippen LogP contribution in [0.1, 0.15) is 11.3 Å². The van der Waals surface area contributed by atoms with Crippen LogP contribution in [0.5, 0.6) is 0 Å². The number of nitriles is 2. The van der Waals surface area contributed by atoms with Gasteiger partial charge in [-0.1, -0.05) is 23.2 Å². The maximum atomic E-state index is 8.57. The van der Waals surface area contributed by atoms with E-state index in [4.69, 9.17) is 33.7 Å². The molecule has 3 nitrogen and oxygen atoms in total. The number of aromatic nitrogens is 1. The topological polar surface area (TPSA) is 60.5 Å². The van der Waals surface area contributed by atoms with Gasteiger partial charge in [-0.2, -0.15) is 10.5 Å². The third-order valence-electron chi connectivity index (χ3n) is 1.19. The van der Waals surface area contributed by atoms with Crippen LogP contribution in [0, 0.1) is 22.7 Å². The highest BCUT2D eigenvalue weighted by molar-refractivity contribution is 6.42. The van der Waals surface area contributed by atoms with Crippen molar-refractivity contribution in [2.45, 2.75) is 0 Å². The van der Waals surface area contributed by atoms with Gasteiger partial charge in [0.2, 0.25) is 0 Å². The van der Waals surface area contributed by atoms with E-state index in [1.54, 1.807) is 12.1 Å². The summed E-state index contributed by atoms with van der Waals surface area (Å²) in [5.41, 5.74) is 0.0126. The molecule has 1 aromatic heterocycles. The third-order valence-corrected chi connectivity index (χ3v) is 1.97. The van der Waals surface area contributed by atoms with Gasteiger partial charge < -0.3 is 0 Å².